The number of imidazole rings is 1. The predicted octanol–water partition coefficient (Wildman–Crippen LogP) is 2.64. The van der Waals surface area contributed by atoms with Gasteiger partial charge in [-0.25, -0.2) is 4.98 Å². The summed E-state index contributed by atoms with van der Waals surface area (Å²) in [5.74, 6) is 0.277. The molecule has 0 aromatic carbocycles. The van der Waals surface area contributed by atoms with Crippen LogP contribution in [0, 0.1) is 18.3 Å². The van der Waals surface area contributed by atoms with Crippen molar-refractivity contribution in [2.75, 3.05) is 0 Å². The minimum absolute atomic E-state index is 0.277. The van der Waals surface area contributed by atoms with Crippen molar-refractivity contribution >= 4 is 5.65 Å². The first kappa shape index (κ1) is 9.72. The van der Waals surface area contributed by atoms with Crippen LogP contribution in [0.15, 0.2) is 18.2 Å². The molecule has 0 amide bonds. The first-order valence-electron chi connectivity index (χ1n) is 5.03. The van der Waals surface area contributed by atoms with E-state index in [0.717, 1.165) is 17.0 Å². The molecule has 2 rings (SSSR count). The van der Waals surface area contributed by atoms with E-state index in [0.29, 0.717) is 5.69 Å². The fraction of sp³-hybridized carbons (Fsp3) is 0.333. The highest BCUT2D eigenvalue weighted by molar-refractivity contribution is 5.49. The molecule has 3 heteroatoms. The van der Waals surface area contributed by atoms with E-state index in [2.05, 4.69) is 24.9 Å². The van der Waals surface area contributed by atoms with Crippen LogP contribution in [-0.2, 0) is 0 Å². The lowest BCUT2D eigenvalue weighted by molar-refractivity contribution is 0.828. The highest BCUT2D eigenvalue weighted by atomic mass is 15.0. The highest BCUT2D eigenvalue weighted by Crippen LogP contribution is 2.21. The number of nitriles is 1. The summed E-state index contributed by atoms with van der Waals surface area (Å²) in [6.45, 7) is 6.09. The molecule has 76 valence electrons. The molecule has 0 aliphatic rings. The van der Waals surface area contributed by atoms with E-state index in [-0.39, 0.29) is 5.92 Å². The van der Waals surface area contributed by atoms with Crippen LogP contribution in [0.5, 0.6) is 0 Å². The minimum Gasteiger partial charge on any atom is -0.288 e. The molecular weight excluding hydrogens is 186 g/mol. The van der Waals surface area contributed by atoms with Crippen molar-refractivity contribution in [1.82, 2.24) is 9.38 Å². The molecule has 0 saturated heterocycles. The Morgan fingerprint density at radius 2 is 2.13 bits per heavy atom. The summed E-state index contributed by atoms with van der Waals surface area (Å²) < 4.78 is 1.91. The summed E-state index contributed by atoms with van der Waals surface area (Å²) in [5.41, 5.74) is 3.45. The van der Waals surface area contributed by atoms with Crippen LogP contribution < -0.4 is 0 Å². The van der Waals surface area contributed by atoms with Crippen molar-refractivity contribution in [3.8, 4) is 6.07 Å². The number of hydrogen-bond acceptors (Lipinski definition) is 2. The van der Waals surface area contributed by atoms with Crippen molar-refractivity contribution in [3.63, 3.8) is 0 Å². The quantitative estimate of drug-likeness (QED) is 0.708. The van der Waals surface area contributed by atoms with Crippen LogP contribution in [-0.4, -0.2) is 9.38 Å². The Hall–Kier alpha value is -1.82. The zero-order chi connectivity index (χ0) is 11.0. The summed E-state index contributed by atoms with van der Waals surface area (Å²) in [4.78, 5) is 4.48. The number of aromatic nitrogens is 2. The van der Waals surface area contributed by atoms with Gasteiger partial charge in [0.25, 0.3) is 0 Å². The van der Waals surface area contributed by atoms with Gasteiger partial charge < -0.3 is 0 Å². The molecule has 0 radical (unpaired) electrons. The van der Waals surface area contributed by atoms with Gasteiger partial charge in [-0.2, -0.15) is 5.26 Å². The van der Waals surface area contributed by atoms with E-state index < -0.39 is 0 Å². The number of hydrogen-bond donors (Lipinski definition) is 0. The Balaban J connectivity index is 2.88. The molecule has 0 unspecified atom stereocenters. The normalized spacial score (nSPS) is 10.9. The van der Waals surface area contributed by atoms with E-state index >= 15 is 0 Å². The molecule has 2 heterocycles. The summed E-state index contributed by atoms with van der Waals surface area (Å²) in [6.07, 6.45) is 0. The van der Waals surface area contributed by atoms with Gasteiger partial charge in [0.2, 0.25) is 0 Å². The first-order chi connectivity index (χ1) is 7.15. The monoisotopic (exact) mass is 199 g/mol. The third kappa shape index (κ3) is 1.39. The van der Waals surface area contributed by atoms with E-state index in [1.165, 1.54) is 0 Å². The molecule has 0 N–H and O–H groups in total. The molecule has 15 heavy (non-hydrogen) atoms. The lowest BCUT2D eigenvalue weighted by Gasteiger charge is -2.01. The lowest BCUT2D eigenvalue weighted by Crippen LogP contribution is -1.96. The van der Waals surface area contributed by atoms with Gasteiger partial charge in [0, 0.05) is 5.69 Å². The van der Waals surface area contributed by atoms with Crippen molar-refractivity contribution < 1.29 is 0 Å². The highest BCUT2D eigenvalue weighted by Gasteiger charge is 2.15. The number of rotatable bonds is 1. The van der Waals surface area contributed by atoms with Crippen LogP contribution in [0.4, 0.5) is 0 Å². The SMILES string of the molecule is Cc1cccc2nc(C(C)C)c(C#N)n12. The van der Waals surface area contributed by atoms with Gasteiger partial charge in [-0.3, -0.25) is 4.40 Å². The Morgan fingerprint density at radius 1 is 1.40 bits per heavy atom. The second-order valence-electron chi connectivity index (χ2n) is 3.97. The topological polar surface area (TPSA) is 41.1 Å². The average molecular weight is 199 g/mol. The molecule has 0 bridgehead atoms. The summed E-state index contributed by atoms with van der Waals surface area (Å²) in [5, 5.41) is 9.17. The van der Waals surface area contributed by atoms with Gasteiger partial charge in [0.1, 0.15) is 17.4 Å². The molecule has 0 aliphatic heterocycles. The third-order valence-electron chi connectivity index (χ3n) is 2.52. The summed E-state index contributed by atoms with van der Waals surface area (Å²) in [7, 11) is 0. The van der Waals surface area contributed by atoms with Crippen molar-refractivity contribution in [2.24, 2.45) is 0 Å². The number of fused-ring (bicyclic) bond motifs is 1. The molecule has 0 fully saturated rings. The van der Waals surface area contributed by atoms with Crippen LogP contribution in [0.25, 0.3) is 5.65 Å². The molecular formula is C12H13N3. The molecule has 0 atom stereocenters. The van der Waals surface area contributed by atoms with Gasteiger partial charge in [0.15, 0.2) is 0 Å². The maximum Gasteiger partial charge on any atom is 0.148 e. The Labute approximate surface area is 89.0 Å². The molecule has 0 aliphatic carbocycles. The Morgan fingerprint density at radius 3 is 2.73 bits per heavy atom. The van der Waals surface area contributed by atoms with Gasteiger partial charge in [-0.15, -0.1) is 0 Å². The molecule has 0 spiro atoms. The van der Waals surface area contributed by atoms with E-state index in [1.807, 2.05) is 29.5 Å². The van der Waals surface area contributed by atoms with Gasteiger partial charge >= 0.3 is 0 Å². The first-order valence-corrected chi connectivity index (χ1v) is 5.03. The largest absolute Gasteiger partial charge is 0.288 e. The Bertz CT molecular complexity index is 544. The van der Waals surface area contributed by atoms with E-state index in [4.69, 9.17) is 5.26 Å². The molecule has 3 nitrogen and oxygen atoms in total. The maximum absolute atomic E-state index is 9.17. The third-order valence-corrected chi connectivity index (χ3v) is 2.52. The predicted molar refractivity (Wildman–Crippen MR) is 58.7 cm³/mol. The Kier molecular flexibility index (Phi) is 2.20. The fourth-order valence-electron chi connectivity index (χ4n) is 1.78. The zero-order valence-electron chi connectivity index (χ0n) is 9.15. The minimum atomic E-state index is 0.277. The number of aryl methyl sites for hydroxylation is 1. The van der Waals surface area contributed by atoms with Crippen LogP contribution >= 0.6 is 0 Å². The van der Waals surface area contributed by atoms with Crippen molar-refractivity contribution in [3.05, 3.63) is 35.3 Å². The number of nitrogens with zero attached hydrogens (tertiary/aromatic N) is 3. The number of pyridine rings is 1. The van der Waals surface area contributed by atoms with Crippen LogP contribution in [0.3, 0.4) is 0 Å². The van der Waals surface area contributed by atoms with E-state index in [9.17, 15) is 0 Å². The van der Waals surface area contributed by atoms with Gasteiger partial charge in [-0.05, 0) is 25.0 Å². The van der Waals surface area contributed by atoms with Gasteiger partial charge in [-0.1, -0.05) is 19.9 Å². The van der Waals surface area contributed by atoms with Gasteiger partial charge in [0.05, 0.1) is 5.69 Å². The second-order valence-corrected chi connectivity index (χ2v) is 3.97. The smallest absolute Gasteiger partial charge is 0.148 e. The zero-order valence-corrected chi connectivity index (χ0v) is 9.15. The van der Waals surface area contributed by atoms with Crippen molar-refractivity contribution in [1.29, 1.82) is 5.26 Å². The summed E-state index contributed by atoms with van der Waals surface area (Å²) >= 11 is 0. The molecule has 0 saturated carbocycles. The van der Waals surface area contributed by atoms with Crippen molar-refractivity contribution in [2.45, 2.75) is 26.7 Å². The van der Waals surface area contributed by atoms with Crippen LogP contribution in [0.2, 0.25) is 0 Å². The summed E-state index contributed by atoms with van der Waals surface area (Å²) in [6, 6.07) is 8.12. The standard InChI is InChI=1S/C12H13N3/c1-8(2)12-10(7-13)15-9(3)5-4-6-11(15)14-12/h4-6,8H,1-3H3. The second kappa shape index (κ2) is 3.39. The maximum atomic E-state index is 9.17. The molecule has 2 aromatic heterocycles. The average Bonchev–Trinajstić information content (AvgIpc) is 2.57. The molecule has 2 aromatic rings. The lowest BCUT2D eigenvalue weighted by atomic mass is 10.1. The van der Waals surface area contributed by atoms with E-state index in [1.54, 1.807) is 0 Å². The van der Waals surface area contributed by atoms with Crippen LogP contribution in [0.1, 0.15) is 36.8 Å². The fourth-order valence-corrected chi connectivity index (χ4v) is 1.78.